The minimum absolute atomic E-state index is 0.193. The normalized spacial score (nSPS) is 10.5. The van der Waals surface area contributed by atoms with Gasteiger partial charge in [0.05, 0.1) is 0 Å². The molecule has 0 bridgehead atoms. The summed E-state index contributed by atoms with van der Waals surface area (Å²) in [6.45, 7) is 8.05. The zero-order valence-electron chi connectivity index (χ0n) is 11.6. The number of halogens is 1. The lowest BCUT2D eigenvalue weighted by atomic mass is 10.3. The average molecular weight is 284 g/mol. The summed E-state index contributed by atoms with van der Waals surface area (Å²) in [5, 5.41) is 6.20. The summed E-state index contributed by atoms with van der Waals surface area (Å²) < 4.78 is 0. The average Bonchev–Trinajstić information content (AvgIpc) is 2.39. The maximum atomic E-state index is 11.6. The minimum Gasteiger partial charge on any atom is -0.338 e. The van der Waals surface area contributed by atoms with Gasteiger partial charge in [-0.25, -0.2) is 4.79 Å². The number of hydrogen-bond donors (Lipinski definition) is 2. The van der Waals surface area contributed by atoms with Gasteiger partial charge in [-0.15, -0.1) is 0 Å². The van der Waals surface area contributed by atoms with Gasteiger partial charge in [-0.2, -0.15) is 0 Å². The summed E-state index contributed by atoms with van der Waals surface area (Å²) in [4.78, 5) is 14.0. The molecule has 0 spiro atoms. The SMILES string of the molecule is CCN(CC)CCCNC(=O)Nc1cccc(Cl)c1. The first-order valence-electron chi connectivity index (χ1n) is 6.68. The molecule has 0 aliphatic heterocycles. The Morgan fingerprint density at radius 1 is 1.32 bits per heavy atom. The molecule has 0 aromatic heterocycles. The first-order chi connectivity index (χ1) is 9.15. The molecule has 0 heterocycles. The van der Waals surface area contributed by atoms with Gasteiger partial charge in [-0.05, 0) is 44.3 Å². The van der Waals surface area contributed by atoms with Crippen molar-refractivity contribution in [2.75, 3.05) is 31.5 Å². The third-order valence-electron chi connectivity index (χ3n) is 2.91. The summed E-state index contributed by atoms with van der Waals surface area (Å²) >= 11 is 5.84. The molecule has 0 radical (unpaired) electrons. The smallest absolute Gasteiger partial charge is 0.319 e. The molecule has 106 valence electrons. The Kier molecular flexibility index (Phi) is 7.30. The standard InChI is InChI=1S/C14H22ClN3O/c1-3-18(4-2)10-6-9-16-14(19)17-13-8-5-7-12(15)11-13/h5,7-8,11H,3-4,6,9-10H2,1-2H3,(H2,16,17,19). The minimum atomic E-state index is -0.193. The number of amides is 2. The maximum absolute atomic E-state index is 11.6. The molecule has 0 fully saturated rings. The van der Waals surface area contributed by atoms with Gasteiger partial charge in [0.1, 0.15) is 0 Å². The van der Waals surface area contributed by atoms with Crippen LogP contribution in [-0.4, -0.2) is 37.1 Å². The zero-order valence-corrected chi connectivity index (χ0v) is 12.3. The fourth-order valence-corrected chi connectivity index (χ4v) is 1.98. The number of urea groups is 1. The molecule has 0 aliphatic rings. The van der Waals surface area contributed by atoms with Gasteiger partial charge in [-0.1, -0.05) is 31.5 Å². The second-order valence-corrected chi connectivity index (χ2v) is 4.71. The van der Waals surface area contributed by atoms with Gasteiger partial charge in [0.15, 0.2) is 0 Å². The van der Waals surface area contributed by atoms with Crippen LogP contribution >= 0.6 is 11.6 Å². The van der Waals surface area contributed by atoms with Crippen LogP contribution in [0.5, 0.6) is 0 Å². The number of benzene rings is 1. The molecule has 4 nitrogen and oxygen atoms in total. The Hall–Kier alpha value is -1.26. The number of carbonyl (C=O) groups is 1. The van der Waals surface area contributed by atoms with Gasteiger partial charge in [0.2, 0.25) is 0 Å². The van der Waals surface area contributed by atoms with E-state index < -0.39 is 0 Å². The molecule has 1 rings (SSSR count). The molecule has 0 atom stereocenters. The Labute approximate surface area is 120 Å². The van der Waals surface area contributed by atoms with Crippen LogP contribution in [0.15, 0.2) is 24.3 Å². The fourth-order valence-electron chi connectivity index (χ4n) is 1.79. The molecule has 0 unspecified atom stereocenters. The van der Waals surface area contributed by atoms with Crippen LogP contribution in [0.25, 0.3) is 0 Å². The predicted molar refractivity (Wildman–Crippen MR) is 80.9 cm³/mol. The van der Waals surface area contributed by atoms with Crippen molar-refractivity contribution >= 4 is 23.3 Å². The van der Waals surface area contributed by atoms with Gasteiger partial charge >= 0.3 is 6.03 Å². The largest absolute Gasteiger partial charge is 0.338 e. The van der Waals surface area contributed by atoms with Crippen molar-refractivity contribution in [3.05, 3.63) is 29.3 Å². The van der Waals surface area contributed by atoms with Crippen LogP contribution in [0, 0.1) is 0 Å². The third kappa shape index (κ3) is 6.45. The lowest BCUT2D eigenvalue weighted by Crippen LogP contribution is -2.32. The van der Waals surface area contributed by atoms with Crippen LogP contribution in [0.3, 0.4) is 0 Å². The van der Waals surface area contributed by atoms with Crippen LogP contribution in [0.4, 0.5) is 10.5 Å². The molecule has 1 aromatic rings. The Morgan fingerprint density at radius 2 is 2.05 bits per heavy atom. The van der Waals surface area contributed by atoms with Crippen molar-refractivity contribution in [2.45, 2.75) is 20.3 Å². The first-order valence-corrected chi connectivity index (χ1v) is 7.06. The fraction of sp³-hybridized carbons (Fsp3) is 0.500. The van der Waals surface area contributed by atoms with Crippen LogP contribution in [-0.2, 0) is 0 Å². The van der Waals surface area contributed by atoms with Crippen molar-refractivity contribution in [1.29, 1.82) is 0 Å². The number of hydrogen-bond acceptors (Lipinski definition) is 2. The van der Waals surface area contributed by atoms with E-state index in [4.69, 9.17) is 11.6 Å². The van der Waals surface area contributed by atoms with Crippen molar-refractivity contribution in [1.82, 2.24) is 10.2 Å². The Bertz CT molecular complexity index is 394. The lowest BCUT2D eigenvalue weighted by molar-refractivity contribution is 0.250. The van der Waals surface area contributed by atoms with E-state index in [0.29, 0.717) is 17.3 Å². The lowest BCUT2D eigenvalue weighted by Gasteiger charge is -2.17. The van der Waals surface area contributed by atoms with Gasteiger partial charge in [0, 0.05) is 17.3 Å². The molecule has 2 amide bonds. The number of nitrogens with zero attached hydrogens (tertiary/aromatic N) is 1. The van der Waals surface area contributed by atoms with Crippen molar-refractivity contribution in [3.8, 4) is 0 Å². The molecular weight excluding hydrogens is 262 g/mol. The monoisotopic (exact) mass is 283 g/mol. The van der Waals surface area contributed by atoms with E-state index in [0.717, 1.165) is 26.1 Å². The summed E-state index contributed by atoms with van der Waals surface area (Å²) in [5.74, 6) is 0. The summed E-state index contributed by atoms with van der Waals surface area (Å²) in [5.41, 5.74) is 0.703. The second kappa shape index (κ2) is 8.77. The van der Waals surface area contributed by atoms with Crippen LogP contribution in [0.1, 0.15) is 20.3 Å². The van der Waals surface area contributed by atoms with E-state index in [-0.39, 0.29) is 6.03 Å². The molecular formula is C14H22ClN3O. The highest BCUT2D eigenvalue weighted by molar-refractivity contribution is 6.30. The number of rotatable bonds is 7. The van der Waals surface area contributed by atoms with Crippen LogP contribution < -0.4 is 10.6 Å². The van der Waals surface area contributed by atoms with Gasteiger partial charge in [0.25, 0.3) is 0 Å². The molecule has 0 aliphatic carbocycles. The third-order valence-corrected chi connectivity index (χ3v) is 3.15. The quantitative estimate of drug-likeness (QED) is 0.755. The van der Waals surface area contributed by atoms with Crippen LogP contribution in [0.2, 0.25) is 5.02 Å². The maximum Gasteiger partial charge on any atom is 0.319 e. The highest BCUT2D eigenvalue weighted by atomic mass is 35.5. The summed E-state index contributed by atoms with van der Waals surface area (Å²) in [6, 6.07) is 6.91. The highest BCUT2D eigenvalue weighted by Gasteiger charge is 2.02. The van der Waals surface area contributed by atoms with Crippen molar-refractivity contribution in [3.63, 3.8) is 0 Å². The highest BCUT2D eigenvalue weighted by Crippen LogP contribution is 2.14. The van der Waals surface area contributed by atoms with Gasteiger partial charge in [-0.3, -0.25) is 0 Å². The molecule has 0 saturated heterocycles. The number of nitrogens with one attached hydrogen (secondary N) is 2. The van der Waals surface area contributed by atoms with E-state index in [1.165, 1.54) is 0 Å². The van der Waals surface area contributed by atoms with E-state index in [9.17, 15) is 4.79 Å². The topological polar surface area (TPSA) is 44.4 Å². The van der Waals surface area contributed by atoms with Crippen molar-refractivity contribution < 1.29 is 4.79 Å². The summed E-state index contributed by atoms with van der Waals surface area (Å²) in [7, 11) is 0. The van der Waals surface area contributed by atoms with Crippen molar-refractivity contribution in [2.24, 2.45) is 0 Å². The second-order valence-electron chi connectivity index (χ2n) is 4.27. The Morgan fingerprint density at radius 3 is 2.68 bits per heavy atom. The first kappa shape index (κ1) is 15.8. The summed E-state index contributed by atoms with van der Waals surface area (Å²) in [6.07, 6.45) is 0.949. The zero-order chi connectivity index (χ0) is 14.1. The van der Waals surface area contributed by atoms with Gasteiger partial charge < -0.3 is 15.5 Å². The molecule has 1 aromatic carbocycles. The molecule has 19 heavy (non-hydrogen) atoms. The number of anilines is 1. The van der Waals surface area contributed by atoms with E-state index in [1.807, 2.05) is 0 Å². The predicted octanol–water partition coefficient (Wildman–Crippen LogP) is 3.19. The van der Waals surface area contributed by atoms with E-state index in [2.05, 4.69) is 29.4 Å². The van der Waals surface area contributed by atoms with E-state index in [1.54, 1.807) is 24.3 Å². The Balaban J connectivity index is 2.21. The molecule has 0 saturated carbocycles. The van der Waals surface area contributed by atoms with E-state index >= 15 is 0 Å². The molecule has 5 heteroatoms. The number of carbonyl (C=O) groups excluding carboxylic acids is 1. The molecule has 2 N–H and O–H groups in total.